The van der Waals surface area contributed by atoms with Crippen molar-refractivity contribution in [3.05, 3.63) is 42.0 Å². The van der Waals surface area contributed by atoms with E-state index in [1.54, 1.807) is 14.2 Å². The number of nitrogens with two attached hydrogens (primary N) is 1. The highest BCUT2D eigenvalue weighted by Crippen LogP contribution is 2.72. The molecule has 2 atom stereocenters. The summed E-state index contributed by atoms with van der Waals surface area (Å²) in [6.07, 6.45) is 5.14. The van der Waals surface area contributed by atoms with Gasteiger partial charge in [-0.1, -0.05) is 25.0 Å². The van der Waals surface area contributed by atoms with Crippen LogP contribution < -0.4 is 25.8 Å². The molecule has 2 fully saturated rings. The Balaban J connectivity index is 1.50. The van der Waals surface area contributed by atoms with E-state index in [1.807, 2.05) is 24.3 Å². The zero-order chi connectivity index (χ0) is 19.7. The Morgan fingerprint density at radius 3 is 2.46 bits per heavy atom. The van der Waals surface area contributed by atoms with Gasteiger partial charge in [-0.3, -0.25) is 5.21 Å². The first-order valence-electron chi connectivity index (χ1n) is 9.75. The number of hydrogen-bond acceptors (Lipinski definition) is 7. The van der Waals surface area contributed by atoms with Gasteiger partial charge in [-0.05, 0) is 53.9 Å². The maximum absolute atomic E-state index is 9.40. The Labute approximate surface area is 165 Å². The highest BCUT2D eigenvalue weighted by atomic mass is 16.5. The molecule has 1 spiro atoms. The van der Waals surface area contributed by atoms with Crippen LogP contribution in [0.1, 0.15) is 37.2 Å². The first-order chi connectivity index (χ1) is 13.6. The van der Waals surface area contributed by atoms with Gasteiger partial charge < -0.3 is 14.8 Å². The smallest absolute Gasteiger partial charge is 0.240 e. The molecule has 28 heavy (non-hydrogen) atoms. The van der Waals surface area contributed by atoms with Crippen molar-refractivity contribution in [1.29, 1.82) is 0 Å². The van der Waals surface area contributed by atoms with Crippen LogP contribution in [-0.2, 0) is 0 Å². The number of nitrogens with zero attached hydrogens (tertiary/aromatic N) is 2. The molecular weight excluding hydrogens is 356 g/mol. The molecule has 1 aromatic heterocycles. The third-order valence-corrected chi connectivity index (χ3v) is 6.45. The van der Waals surface area contributed by atoms with Gasteiger partial charge >= 0.3 is 0 Å². The molecule has 0 saturated heterocycles. The summed E-state index contributed by atoms with van der Waals surface area (Å²) in [6, 6.07) is 11.7. The van der Waals surface area contributed by atoms with Gasteiger partial charge in [-0.15, -0.1) is 0 Å². The van der Waals surface area contributed by atoms with Gasteiger partial charge in [-0.2, -0.15) is 10.2 Å². The van der Waals surface area contributed by atoms with E-state index in [9.17, 15) is 5.21 Å². The summed E-state index contributed by atoms with van der Waals surface area (Å²) in [6.45, 7) is 0.875. The predicted molar refractivity (Wildman–Crippen MR) is 108 cm³/mol. The molecule has 0 aliphatic heterocycles. The van der Waals surface area contributed by atoms with E-state index in [0.29, 0.717) is 39.9 Å². The summed E-state index contributed by atoms with van der Waals surface area (Å²) >= 11 is 0. The predicted octanol–water partition coefficient (Wildman–Crippen LogP) is 3.55. The van der Waals surface area contributed by atoms with Gasteiger partial charge in [0.2, 0.25) is 11.8 Å². The molecule has 7 heteroatoms. The van der Waals surface area contributed by atoms with Crippen LogP contribution in [0.4, 0.5) is 11.4 Å². The maximum atomic E-state index is 9.40. The zero-order valence-corrected chi connectivity index (χ0v) is 16.4. The molecule has 2 saturated carbocycles. The van der Waals surface area contributed by atoms with E-state index in [1.165, 1.54) is 31.2 Å². The number of nitrogens with one attached hydrogen (secondary N) is 1. The van der Waals surface area contributed by atoms with Crippen molar-refractivity contribution in [2.45, 2.75) is 31.6 Å². The van der Waals surface area contributed by atoms with Gasteiger partial charge in [0.1, 0.15) is 0 Å². The average molecular weight is 384 g/mol. The van der Waals surface area contributed by atoms with Crippen LogP contribution in [0.25, 0.3) is 0 Å². The van der Waals surface area contributed by atoms with E-state index in [4.69, 9.17) is 15.3 Å². The van der Waals surface area contributed by atoms with Crippen LogP contribution in [0.5, 0.6) is 11.8 Å². The van der Waals surface area contributed by atoms with E-state index < -0.39 is 0 Å². The third-order valence-electron chi connectivity index (χ3n) is 6.45. The van der Waals surface area contributed by atoms with Crippen LogP contribution >= 0.6 is 0 Å². The second-order valence-electron chi connectivity index (χ2n) is 7.75. The SMILES string of the molecule is COc1ccc(NCC2C(c3ccc(N(N)O)cc3)C23CCCC3)c(OC)n1. The van der Waals surface area contributed by atoms with Gasteiger partial charge in [-0.25, -0.2) is 5.84 Å². The highest BCUT2D eigenvalue weighted by molar-refractivity contribution is 5.54. The molecule has 150 valence electrons. The lowest BCUT2D eigenvalue weighted by atomic mass is 9.97. The fourth-order valence-corrected chi connectivity index (χ4v) is 5.06. The van der Waals surface area contributed by atoms with Crippen LogP contribution in [0.15, 0.2) is 36.4 Å². The van der Waals surface area contributed by atoms with E-state index in [2.05, 4.69) is 22.4 Å². The Hall–Kier alpha value is -2.51. The van der Waals surface area contributed by atoms with Crippen molar-refractivity contribution >= 4 is 11.4 Å². The number of ether oxygens (including phenoxy) is 2. The largest absolute Gasteiger partial charge is 0.481 e. The minimum Gasteiger partial charge on any atom is -0.481 e. The molecule has 0 bridgehead atoms. The van der Waals surface area contributed by atoms with Crippen LogP contribution in [-0.4, -0.2) is 31.0 Å². The summed E-state index contributed by atoms with van der Waals surface area (Å²) in [5, 5.41) is 13.6. The lowest BCUT2D eigenvalue weighted by Gasteiger charge is -2.13. The fourth-order valence-electron chi connectivity index (χ4n) is 5.06. The molecule has 0 radical (unpaired) electrons. The lowest BCUT2D eigenvalue weighted by molar-refractivity contribution is 0.258. The minimum atomic E-state index is 0.378. The number of methoxy groups -OCH3 is 2. The maximum Gasteiger partial charge on any atom is 0.240 e. The zero-order valence-electron chi connectivity index (χ0n) is 16.4. The van der Waals surface area contributed by atoms with E-state index >= 15 is 0 Å². The molecule has 2 aromatic rings. The summed E-state index contributed by atoms with van der Waals surface area (Å²) in [7, 11) is 3.22. The molecule has 1 aromatic carbocycles. The number of pyridine rings is 1. The van der Waals surface area contributed by atoms with Gasteiger partial charge in [0.05, 0.1) is 25.6 Å². The molecule has 2 aliphatic rings. The van der Waals surface area contributed by atoms with Crippen LogP contribution in [0.3, 0.4) is 0 Å². The Morgan fingerprint density at radius 1 is 1.14 bits per heavy atom. The second kappa shape index (κ2) is 7.48. The number of anilines is 2. The molecule has 7 nitrogen and oxygen atoms in total. The molecular formula is C21H28N4O3. The second-order valence-corrected chi connectivity index (χ2v) is 7.75. The first kappa shape index (κ1) is 18.8. The Morgan fingerprint density at radius 2 is 1.86 bits per heavy atom. The van der Waals surface area contributed by atoms with Crippen molar-refractivity contribution in [3.8, 4) is 11.8 Å². The van der Waals surface area contributed by atoms with Crippen molar-refractivity contribution in [3.63, 3.8) is 0 Å². The van der Waals surface area contributed by atoms with Crippen LogP contribution in [0.2, 0.25) is 0 Å². The quantitative estimate of drug-likeness (QED) is 0.496. The summed E-state index contributed by atoms with van der Waals surface area (Å²) in [5.74, 6) is 7.59. The summed E-state index contributed by atoms with van der Waals surface area (Å²) < 4.78 is 10.6. The highest BCUT2D eigenvalue weighted by Gasteiger charge is 2.64. The van der Waals surface area contributed by atoms with Gasteiger partial charge in [0.25, 0.3) is 0 Å². The summed E-state index contributed by atoms with van der Waals surface area (Å²) in [4.78, 5) is 4.35. The molecule has 4 N–H and O–H groups in total. The first-order valence-corrected chi connectivity index (χ1v) is 9.75. The number of aromatic nitrogens is 1. The normalized spacial score (nSPS) is 22.1. The molecule has 1 heterocycles. The standard InChI is InChI=1S/C21H28N4O3/c1-27-18-10-9-17(20(24-18)28-2)23-13-16-19(21(16)11-3-4-12-21)14-5-7-15(8-6-14)25(22)26/h5-10,16,19,23,26H,3-4,11-13,22H2,1-2H3. The van der Waals surface area contributed by atoms with Crippen molar-refractivity contribution in [2.75, 3.05) is 31.3 Å². The number of hydrogen-bond donors (Lipinski definition) is 3. The molecule has 2 unspecified atom stereocenters. The van der Waals surface area contributed by atoms with Crippen LogP contribution in [0, 0.1) is 11.3 Å². The monoisotopic (exact) mass is 384 g/mol. The van der Waals surface area contributed by atoms with E-state index in [0.717, 1.165) is 12.2 Å². The van der Waals surface area contributed by atoms with Crippen molar-refractivity contribution in [2.24, 2.45) is 17.2 Å². The third kappa shape index (κ3) is 3.25. The number of benzene rings is 1. The number of hydrazine groups is 1. The fraction of sp³-hybridized carbons (Fsp3) is 0.476. The molecule has 0 amide bonds. The average Bonchev–Trinajstić information content (AvgIpc) is 3.06. The topological polar surface area (TPSA) is 92.9 Å². The number of rotatable bonds is 7. The Kier molecular flexibility index (Phi) is 5.03. The van der Waals surface area contributed by atoms with Gasteiger partial charge in [0, 0.05) is 12.6 Å². The minimum absolute atomic E-state index is 0.378. The van der Waals surface area contributed by atoms with Crippen molar-refractivity contribution < 1.29 is 14.7 Å². The van der Waals surface area contributed by atoms with E-state index in [-0.39, 0.29) is 0 Å². The Bertz CT molecular complexity index is 819. The van der Waals surface area contributed by atoms with Crippen molar-refractivity contribution in [1.82, 2.24) is 4.98 Å². The lowest BCUT2D eigenvalue weighted by Crippen LogP contribution is -2.25. The molecule has 2 aliphatic carbocycles. The summed E-state index contributed by atoms with van der Waals surface area (Å²) in [5.41, 5.74) is 3.17. The van der Waals surface area contributed by atoms with Gasteiger partial charge in [0.15, 0.2) is 0 Å². The molecule has 4 rings (SSSR count).